The number of alkyl halides is 5. The lowest BCUT2D eigenvalue weighted by molar-refractivity contribution is -0.137. The molecule has 0 radical (unpaired) electrons. The van der Waals surface area contributed by atoms with Crippen LogP contribution in [0.4, 0.5) is 74.4 Å². The second-order valence-electron chi connectivity index (χ2n) is 28.0. The van der Waals surface area contributed by atoms with Gasteiger partial charge in [-0.15, -0.1) is 0 Å². The molecular weight excluding hydrogens is 1600 g/mol. The first kappa shape index (κ1) is 99.4. The number of nitrogens with one attached hydrogen (secondary N) is 5. The highest BCUT2D eigenvalue weighted by molar-refractivity contribution is 5.90. The molecule has 5 N–H and O–H groups in total. The van der Waals surface area contributed by atoms with E-state index in [1.54, 1.807) is 66.0 Å². The molecule has 0 spiro atoms. The first-order chi connectivity index (χ1) is 59.2. The second-order valence-corrected chi connectivity index (χ2v) is 28.0. The van der Waals surface area contributed by atoms with Crippen molar-refractivity contribution in [1.82, 2.24) is 0 Å². The molecular formula is C97H112F5N5O17. The third-order valence-corrected chi connectivity index (χ3v) is 18.1. The molecule has 27 heteroatoms. The molecule has 124 heavy (non-hydrogen) atoms. The molecule has 10 rings (SSSR count). The van der Waals surface area contributed by atoms with Crippen molar-refractivity contribution in [3.05, 3.63) is 289 Å². The lowest BCUT2D eigenvalue weighted by Gasteiger charge is -2.16. The molecule has 0 fully saturated rings. The SMILES string of the molecule is C=Cc1cccc(COc2ccc(C)cc2C)c1NC(=O)OCC.CCOC(=O)Nc1cc(C(F)(F)F)ccc1COc1ccc(C)cc1C.CCOC(=O)Nc1cc(C(F)F)ccc1COc1ccc(C)cc1C.CCOC(=O)Nc1cc(OC)ccc1COc1ccc(C)cc1C.CCOC(=O)Nc1cc(OCC)ccc1COc1ccc(C)cc1C. The number of ether oxygens (including phenoxy) is 12. The Balaban J connectivity index is 0.000000240. The van der Waals surface area contributed by atoms with Crippen LogP contribution in [0.15, 0.2) is 189 Å². The molecule has 0 heterocycles. The normalized spacial score (nSPS) is 10.5. The number of methoxy groups -OCH3 is 1. The van der Waals surface area contributed by atoms with Gasteiger partial charge in [-0.3, -0.25) is 26.6 Å². The predicted molar refractivity (Wildman–Crippen MR) is 474 cm³/mol. The van der Waals surface area contributed by atoms with Crippen LogP contribution in [0.5, 0.6) is 40.2 Å². The van der Waals surface area contributed by atoms with Crippen molar-refractivity contribution >= 4 is 65.0 Å². The van der Waals surface area contributed by atoms with E-state index in [4.69, 9.17) is 56.8 Å². The van der Waals surface area contributed by atoms with Crippen molar-refractivity contribution in [2.75, 3.05) is 73.3 Å². The van der Waals surface area contributed by atoms with E-state index in [2.05, 4.69) is 51.4 Å². The van der Waals surface area contributed by atoms with Gasteiger partial charge >= 0.3 is 36.6 Å². The minimum absolute atomic E-state index is 0.00281. The van der Waals surface area contributed by atoms with Crippen LogP contribution in [0, 0.1) is 69.2 Å². The molecule has 0 saturated heterocycles. The summed E-state index contributed by atoms with van der Waals surface area (Å²) in [5, 5.41) is 13.1. The van der Waals surface area contributed by atoms with E-state index in [1.807, 2.05) is 185 Å². The van der Waals surface area contributed by atoms with Crippen LogP contribution in [0.2, 0.25) is 0 Å². The van der Waals surface area contributed by atoms with Crippen LogP contribution >= 0.6 is 0 Å². The zero-order chi connectivity index (χ0) is 91.0. The molecule has 0 aliphatic carbocycles. The fourth-order valence-corrected chi connectivity index (χ4v) is 12.0. The summed E-state index contributed by atoms with van der Waals surface area (Å²) < 4.78 is 129. The number of hydrogen-bond acceptors (Lipinski definition) is 17. The lowest BCUT2D eigenvalue weighted by atomic mass is 10.1. The van der Waals surface area contributed by atoms with Crippen molar-refractivity contribution in [3.63, 3.8) is 0 Å². The first-order valence-electron chi connectivity index (χ1n) is 40.2. The van der Waals surface area contributed by atoms with E-state index >= 15 is 0 Å². The summed E-state index contributed by atoms with van der Waals surface area (Å²) in [6.45, 7) is 37.1. The fourth-order valence-electron chi connectivity index (χ4n) is 12.0. The number of aryl methyl sites for hydroxylation is 10. The fraction of sp³-hybridized carbons (Fsp3) is 0.309. The lowest BCUT2D eigenvalue weighted by Crippen LogP contribution is -2.16. The van der Waals surface area contributed by atoms with Gasteiger partial charge in [0.15, 0.2) is 0 Å². The summed E-state index contributed by atoms with van der Waals surface area (Å²) in [5.41, 5.74) is 16.3. The van der Waals surface area contributed by atoms with Crippen LogP contribution in [-0.2, 0) is 62.9 Å². The number of amides is 5. The summed E-state index contributed by atoms with van der Waals surface area (Å²) in [6.07, 6.45) is -8.44. The van der Waals surface area contributed by atoms with Gasteiger partial charge in [-0.1, -0.05) is 138 Å². The van der Waals surface area contributed by atoms with Gasteiger partial charge in [0.25, 0.3) is 6.43 Å². The van der Waals surface area contributed by atoms with Crippen molar-refractivity contribution in [2.45, 2.75) is 156 Å². The Morgan fingerprint density at radius 2 is 0.653 bits per heavy atom. The highest BCUT2D eigenvalue weighted by atomic mass is 19.4. The van der Waals surface area contributed by atoms with Gasteiger partial charge in [0, 0.05) is 45.5 Å². The van der Waals surface area contributed by atoms with Crippen molar-refractivity contribution in [2.24, 2.45) is 0 Å². The molecule has 10 aromatic rings. The summed E-state index contributed by atoms with van der Waals surface area (Å²) in [6, 6.07) is 53.4. The smallest absolute Gasteiger partial charge is 0.416 e. The average molecular weight is 1710 g/mol. The van der Waals surface area contributed by atoms with E-state index < -0.39 is 48.6 Å². The average Bonchev–Trinajstić information content (AvgIpc) is 0.837. The molecule has 0 bridgehead atoms. The number of anilines is 5. The third kappa shape index (κ3) is 33.2. The quantitative estimate of drug-likeness (QED) is 0.0207. The number of halogens is 5. The Morgan fingerprint density at radius 1 is 0.347 bits per heavy atom. The molecule has 0 unspecified atom stereocenters. The van der Waals surface area contributed by atoms with Gasteiger partial charge in [-0.2, -0.15) is 13.2 Å². The van der Waals surface area contributed by atoms with E-state index in [0.29, 0.717) is 97.4 Å². The number of carbonyl (C=O) groups is 5. The van der Waals surface area contributed by atoms with E-state index in [1.165, 1.54) is 41.0 Å². The van der Waals surface area contributed by atoms with Gasteiger partial charge in [0.05, 0.1) is 80.8 Å². The number of para-hydroxylation sites is 1. The van der Waals surface area contributed by atoms with Crippen LogP contribution in [-0.4, -0.2) is 77.2 Å². The highest BCUT2D eigenvalue weighted by Gasteiger charge is 2.32. The minimum Gasteiger partial charge on any atom is -0.497 e. The number of hydrogen-bond donors (Lipinski definition) is 5. The number of benzene rings is 10. The van der Waals surface area contributed by atoms with E-state index in [0.717, 1.165) is 90.6 Å². The first-order valence-corrected chi connectivity index (χ1v) is 40.2. The Labute approximate surface area is 723 Å². The van der Waals surface area contributed by atoms with Crippen LogP contribution in [0.1, 0.15) is 148 Å². The molecule has 0 aliphatic heterocycles. The molecule has 22 nitrogen and oxygen atoms in total. The maximum atomic E-state index is 13.0. The third-order valence-electron chi connectivity index (χ3n) is 18.1. The topological polar surface area (TPSA) is 256 Å². The largest absolute Gasteiger partial charge is 0.497 e. The van der Waals surface area contributed by atoms with Gasteiger partial charge in [0.2, 0.25) is 0 Å². The van der Waals surface area contributed by atoms with Gasteiger partial charge in [-0.05, 0) is 217 Å². The van der Waals surface area contributed by atoms with Gasteiger partial charge in [0.1, 0.15) is 73.3 Å². The molecule has 0 aliphatic rings. The van der Waals surface area contributed by atoms with E-state index in [9.17, 15) is 45.9 Å². The zero-order valence-electron chi connectivity index (χ0n) is 73.3. The molecule has 0 atom stereocenters. The second kappa shape index (κ2) is 50.7. The Bertz CT molecular complexity index is 5190. The zero-order valence-corrected chi connectivity index (χ0v) is 73.3. The van der Waals surface area contributed by atoms with Crippen molar-refractivity contribution < 1.29 is 103 Å². The van der Waals surface area contributed by atoms with Gasteiger partial charge in [-0.25, -0.2) is 32.8 Å². The Morgan fingerprint density at radius 3 is 0.968 bits per heavy atom. The number of rotatable bonds is 30. The standard InChI is InChI=1S/C20H25NO4.C20H23NO3.C19H20F3NO3.C19H21F2NO3.C19H23NO4/c1-5-23-17-9-8-16(18(12-17)21-20(22)24-6-2)13-25-19-10-7-14(3)11-15(19)4;1-5-16-8-7-9-17(19(16)21-20(22)23-6-2)13-24-18-11-10-14(3)12-15(18)4;1-4-25-18(24)23-16-10-15(19(20,21)22)7-6-14(16)11-26-17-8-5-12(2)9-13(17)3;1-4-24-19(23)22-16-10-14(18(20)21)6-7-15(16)11-25-17-8-5-12(2)9-13(17)3;1-5-23-19(21)20-17-11-16(22-4)8-7-15(17)12-24-18-9-6-13(2)10-14(18)3/h7-12H,5-6,13H2,1-4H3,(H,21,22);5,7-12H,1,6,13H2,2-4H3,(H,21,22);5-10H,4,11H2,1-3H3,(H,23,24);5-10,18H,4,11H2,1-3H3,(H,22,23);6-11H,5,12H2,1-4H3,(H,20,21). The van der Waals surface area contributed by atoms with Crippen LogP contribution < -0.4 is 59.7 Å². The molecule has 0 saturated carbocycles. The van der Waals surface area contributed by atoms with E-state index in [-0.39, 0.29) is 43.4 Å². The van der Waals surface area contributed by atoms with Crippen molar-refractivity contribution in [1.29, 1.82) is 0 Å². The Kier molecular flexibility index (Phi) is 40.6. The minimum atomic E-state index is -4.52. The summed E-state index contributed by atoms with van der Waals surface area (Å²) in [4.78, 5) is 58.6. The van der Waals surface area contributed by atoms with Crippen molar-refractivity contribution in [3.8, 4) is 40.2 Å². The van der Waals surface area contributed by atoms with Gasteiger partial charge < -0.3 is 56.8 Å². The van der Waals surface area contributed by atoms with Crippen LogP contribution in [0.25, 0.3) is 6.08 Å². The molecule has 0 aromatic heterocycles. The maximum absolute atomic E-state index is 13.0. The predicted octanol–water partition coefficient (Wildman–Crippen LogP) is 25.3. The monoisotopic (exact) mass is 1710 g/mol. The number of carbonyl (C=O) groups excluding carboxylic acids is 5. The highest BCUT2D eigenvalue weighted by Crippen LogP contribution is 2.36. The Hall–Kier alpha value is -13.5. The molecule has 10 aromatic carbocycles. The molecule has 662 valence electrons. The van der Waals surface area contributed by atoms with Crippen LogP contribution in [0.3, 0.4) is 0 Å². The summed E-state index contributed by atoms with van der Waals surface area (Å²) in [7, 11) is 1.58. The maximum Gasteiger partial charge on any atom is 0.416 e. The molecule has 5 amide bonds. The summed E-state index contributed by atoms with van der Waals surface area (Å²) in [5.74, 6) is 5.12. The summed E-state index contributed by atoms with van der Waals surface area (Å²) >= 11 is 0.